The van der Waals surface area contributed by atoms with E-state index in [1.165, 1.54) is 6.07 Å². The Labute approximate surface area is 155 Å². The summed E-state index contributed by atoms with van der Waals surface area (Å²) in [4.78, 5) is 23.8. The predicted octanol–water partition coefficient (Wildman–Crippen LogP) is 3.04. The number of nitrogens with one attached hydrogen (secondary N) is 1. The minimum absolute atomic E-state index is 0.161. The molecule has 0 radical (unpaired) electrons. The van der Waals surface area contributed by atoms with Gasteiger partial charge in [-0.05, 0) is 30.3 Å². The molecule has 0 spiro atoms. The Hall–Kier alpha value is -2.44. The first-order valence-electron chi connectivity index (χ1n) is 8.50. The van der Waals surface area contributed by atoms with Crippen molar-refractivity contribution in [2.24, 2.45) is 0 Å². The number of aromatic nitrogens is 2. The summed E-state index contributed by atoms with van der Waals surface area (Å²) in [5.74, 6) is 0.419. The molecule has 1 aliphatic rings. The summed E-state index contributed by atoms with van der Waals surface area (Å²) in [5.41, 5.74) is 1.08. The Morgan fingerprint density at radius 1 is 1.12 bits per heavy atom. The highest BCUT2D eigenvalue weighted by Gasteiger charge is 2.20. The van der Waals surface area contributed by atoms with Gasteiger partial charge in [-0.2, -0.15) is 0 Å². The summed E-state index contributed by atoms with van der Waals surface area (Å²) >= 11 is 6.00. The number of benzene rings is 2. The van der Waals surface area contributed by atoms with E-state index in [2.05, 4.69) is 14.9 Å². The molecule has 4 rings (SSSR count). The molecule has 1 saturated heterocycles. The van der Waals surface area contributed by atoms with E-state index in [9.17, 15) is 9.18 Å². The van der Waals surface area contributed by atoms with Crippen LogP contribution in [-0.2, 0) is 6.54 Å². The standard InChI is InChI=1S/C19H18ClFN4O/c20-13-5-6-14-16(11-13)22-18(23-19(14)26)12-24-7-9-25(10-8-24)17-4-2-1-3-15(17)21/h1-6,11H,7-10,12H2,(H,22,23,26). The van der Waals surface area contributed by atoms with E-state index >= 15 is 0 Å². The molecule has 2 heterocycles. The van der Waals surface area contributed by atoms with Crippen molar-refractivity contribution in [1.82, 2.24) is 14.9 Å². The van der Waals surface area contributed by atoms with Crippen molar-refractivity contribution in [3.8, 4) is 0 Å². The van der Waals surface area contributed by atoms with Crippen LogP contribution in [-0.4, -0.2) is 41.0 Å². The normalized spacial score (nSPS) is 15.5. The first-order chi connectivity index (χ1) is 12.6. The minimum atomic E-state index is -0.196. The van der Waals surface area contributed by atoms with Crippen molar-refractivity contribution < 1.29 is 4.39 Å². The van der Waals surface area contributed by atoms with Gasteiger partial charge in [0.05, 0.1) is 23.1 Å². The number of rotatable bonds is 3. The number of halogens is 2. The van der Waals surface area contributed by atoms with Crippen molar-refractivity contribution in [2.75, 3.05) is 31.1 Å². The monoisotopic (exact) mass is 372 g/mol. The van der Waals surface area contributed by atoms with Crippen LogP contribution >= 0.6 is 11.6 Å². The van der Waals surface area contributed by atoms with E-state index < -0.39 is 0 Å². The molecule has 1 N–H and O–H groups in total. The highest BCUT2D eigenvalue weighted by atomic mass is 35.5. The second kappa shape index (κ2) is 7.05. The van der Waals surface area contributed by atoms with Gasteiger partial charge in [-0.15, -0.1) is 0 Å². The Morgan fingerprint density at radius 2 is 1.88 bits per heavy atom. The fraction of sp³-hybridized carbons (Fsp3) is 0.263. The summed E-state index contributed by atoms with van der Waals surface area (Å²) in [6.45, 7) is 3.54. The molecule has 0 bridgehead atoms. The van der Waals surface area contributed by atoms with Crippen LogP contribution in [0, 0.1) is 5.82 Å². The summed E-state index contributed by atoms with van der Waals surface area (Å²) in [6, 6.07) is 11.9. The van der Waals surface area contributed by atoms with Gasteiger partial charge in [0, 0.05) is 31.2 Å². The van der Waals surface area contributed by atoms with Crippen molar-refractivity contribution in [3.63, 3.8) is 0 Å². The maximum absolute atomic E-state index is 13.9. The molecule has 134 valence electrons. The quantitative estimate of drug-likeness (QED) is 0.767. The first-order valence-corrected chi connectivity index (χ1v) is 8.88. The van der Waals surface area contributed by atoms with Gasteiger partial charge in [0.2, 0.25) is 0 Å². The Balaban J connectivity index is 1.47. The number of nitrogens with zero attached hydrogens (tertiary/aromatic N) is 3. The van der Waals surface area contributed by atoms with Gasteiger partial charge in [0.25, 0.3) is 5.56 Å². The molecule has 1 fully saturated rings. The third-order valence-electron chi connectivity index (χ3n) is 4.66. The van der Waals surface area contributed by atoms with Crippen LogP contribution in [0.3, 0.4) is 0 Å². The molecule has 1 aliphatic heterocycles. The van der Waals surface area contributed by atoms with Crippen LogP contribution in [0.15, 0.2) is 47.3 Å². The number of hydrogen-bond acceptors (Lipinski definition) is 4. The zero-order chi connectivity index (χ0) is 18.1. The van der Waals surface area contributed by atoms with Crippen LogP contribution in [0.4, 0.5) is 10.1 Å². The molecule has 1 aromatic heterocycles. The van der Waals surface area contributed by atoms with Gasteiger partial charge in [-0.3, -0.25) is 9.69 Å². The van der Waals surface area contributed by atoms with E-state index in [1.54, 1.807) is 30.3 Å². The Bertz CT molecular complexity index is 998. The number of aromatic amines is 1. The average Bonchev–Trinajstić information content (AvgIpc) is 2.62. The smallest absolute Gasteiger partial charge is 0.258 e. The van der Waals surface area contributed by atoms with Crippen LogP contribution in [0.2, 0.25) is 5.02 Å². The molecule has 0 atom stereocenters. The van der Waals surface area contributed by atoms with Crippen LogP contribution in [0.1, 0.15) is 5.82 Å². The van der Waals surface area contributed by atoms with Crippen LogP contribution < -0.4 is 10.5 Å². The Kier molecular flexibility index (Phi) is 4.61. The fourth-order valence-corrected chi connectivity index (χ4v) is 3.47. The lowest BCUT2D eigenvalue weighted by Gasteiger charge is -2.35. The van der Waals surface area contributed by atoms with E-state index in [1.807, 2.05) is 11.0 Å². The number of hydrogen-bond donors (Lipinski definition) is 1. The summed E-state index contributed by atoms with van der Waals surface area (Å²) < 4.78 is 13.9. The van der Waals surface area contributed by atoms with Gasteiger partial charge in [-0.1, -0.05) is 23.7 Å². The molecule has 2 aromatic carbocycles. The van der Waals surface area contributed by atoms with E-state index in [-0.39, 0.29) is 11.4 Å². The number of piperazine rings is 1. The average molecular weight is 373 g/mol. The van der Waals surface area contributed by atoms with Crippen molar-refractivity contribution in [1.29, 1.82) is 0 Å². The van der Waals surface area contributed by atoms with E-state index in [0.717, 1.165) is 26.2 Å². The highest BCUT2D eigenvalue weighted by molar-refractivity contribution is 6.31. The first kappa shape index (κ1) is 17.0. The molecule has 0 aliphatic carbocycles. The van der Waals surface area contributed by atoms with E-state index in [4.69, 9.17) is 11.6 Å². The third kappa shape index (κ3) is 3.43. The largest absolute Gasteiger partial charge is 0.367 e. The maximum atomic E-state index is 13.9. The molecular formula is C19H18ClFN4O. The molecule has 0 amide bonds. The predicted molar refractivity (Wildman–Crippen MR) is 101 cm³/mol. The second-order valence-electron chi connectivity index (χ2n) is 6.39. The molecular weight excluding hydrogens is 355 g/mol. The van der Waals surface area contributed by atoms with Crippen molar-refractivity contribution in [2.45, 2.75) is 6.54 Å². The number of fused-ring (bicyclic) bond motifs is 1. The molecule has 7 heteroatoms. The number of anilines is 1. The van der Waals surface area contributed by atoms with Gasteiger partial charge in [0.1, 0.15) is 11.6 Å². The third-order valence-corrected chi connectivity index (χ3v) is 4.89. The lowest BCUT2D eigenvalue weighted by atomic mass is 10.2. The zero-order valence-electron chi connectivity index (χ0n) is 14.1. The molecule has 5 nitrogen and oxygen atoms in total. The summed E-state index contributed by atoms with van der Waals surface area (Å²) in [6.07, 6.45) is 0. The van der Waals surface area contributed by atoms with Crippen molar-refractivity contribution in [3.05, 3.63) is 69.5 Å². The molecule has 0 unspecified atom stereocenters. The summed E-state index contributed by atoms with van der Waals surface area (Å²) in [7, 11) is 0. The number of para-hydroxylation sites is 1. The Morgan fingerprint density at radius 3 is 2.65 bits per heavy atom. The molecule has 26 heavy (non-hydrogen) atoms. The zero-order valence-corrected chi connectivity index (χ0v) is 14.8. The van der Waals surface area contributed by atoms with Crippen LogP contribution in [0.5, 0.6) is 0 Å². The van der Waals surface area contributed by atoms with Gasteiger partial charge >= 0.3 is 0 Å². The van der Waals surface area contributed by atoms with Gasteiger partial charge in [-0.25, -0.2) is 9.37 Å². The molecule has 3 aromatic rings. The minimum Gasteiger partial charge on any atom is -0.367 e. The van der Waals surface area contributed by atoms with Crippen molar-refractivity contribution >= 4 is 28.2 Å². The lowest BCUT2D eigenvalue weighted by Crippen LogP contribution is -2.46. The SMILES string of the molecule is O=c1[nH]c(CN2CCN(c3ccccc3F)CC2)nc2cc(Cl)ccc12. The van der Waals surface area contributed by atoms with Gasteiger partial charge < -0.3 is 9.88 Å². The van der Waals surface area contributed by atoms with Crippen LogP contribution in [0.25, 0.3) is 10.9 Å². The number of H-pyrrole nitrogens is 1. The fourth-order valence-electron chi connectivity index (χ4n) is 3.30. The maximum Gasteiger partial charge on any atom is 0.258 e. The topological polar surface area (TPSA) is 52.2 Å². The van der Waals surface area contributed by atoms with E-state index in [0.29, 0.717) is 34.0 Å². The summed E-state index contributed by atoms with van der Waals surface area (Å²) in [5, 5.41) is 1.09. The lowest BCUT2D eigenvalue weighted by molar-refractivity contribution is 0.243. The molecule has 0 saturated carbocycles. The van der Waals surface area contributed by atoms with Gasteiger partial charge in [0.15, 0.2) is 0 Å². The highest BCUT2D eigenvalue weighted by Crippen LogP contribution is 2.20. The second-order valence-corrected chi connectivity index (χ2v) is 6.83.